The number of benzene rings is 8. The molecule has 8 aromatic carbocycles. The van der Waals surface area contributed by atoms with Crippen LogP contribution in [-0.4, -0.2) is 116 Å². The van der Waals surface area contributed by atoms with Gasteiger partial charge in [0.2, 0.25) is 0 Å². The number of nitrogens with two attached hydrogens (primary N) is 2. The van der Waals surface area contributed by atoms with Gasteiger partial charge in [0.05, 0.1) is 79.8 Å². The lowest BCUT2D eigenvalue weighted by atomic mass is 9.75. The number of carbonyl (C=O) groups excluding carboxylic acids is 2. The molecule has 18 rings (SSSR count). The maximum Gasteiger partial charge on any atom is 0.495 e. The smallest absolute Gasteiger partial charge is 0.492 e. The lowest BCUT2D eigenvalue weighted by molar-refractivity contribution is -0.142. The number of hydrogen-bond acceptors (Lipinski definition) is 22. The van der Waals surface area contributed by atoms with Gasteiger partial charge in [-0.3, -0.25) is 9.59 Å². The Kier molecular flexibility index (Phi) is 29.7. The van der Waals surface area contributed by atoms with Crippen LogP contribution in [0.25, 0.3) is 44.9 Å². The van der Waals surface area contributed by atoms with E-state index in [0.29, 0.717) is 66.6 Å². The Hall–Kier alpha value is -11.1. The van der Waals surface area contributed by atoms with Gasteiger partial charge >= 0.3 is 26.2 Å². The molecule has 2 aliphatic carbocycles. The molecule has 664 valence electrons. The van der Waals surface area contributed by atoms with Crippen molar-refractivity contribution < 1.29 is 65.4 Å². The highest BCUT2D eigenvalue weighted by atomic mass is 127. The molecule has 22 nitrogen and oxygen atoms in total. The summed E-state index contributed by atoms with van der Waals surface area (Å²) in [7, 11) is 1.91. The summed E-state index contributed by atoms with van der Waals surface area (Å²) in [5, 5.41) is 0. The number of methoxy groups -OCH3 is 2. The highest BCUT2D eigenvalue weighted by molar-refractivity contribution is 14.1. The van der Waals surface area contributed by atoms with Crippen molar-refractivity contribution in [2.45, 2.75) is 196 Å². The molecule has 0 radical (unpaired) electrons. The molecule has 0 spiro atoms. The van der Waals surface area contributed by atoms with Crippen LogP contribution in [0.5, 0.6) is 23.0 Å². The lowest BCUT2D eigenvalue weighted by Gasteiger charge is -2.32. The van der Waals surface area contributed by atoms with Crippen LogP contribution in [0.2, 0.25) is 0 Å². The molecule has 0 unspecified atom stereocenters. The van der Waals surface area contributed by atoms with Crippen LogP contribution in [0.3, 0.4) is 0 Å². The van der Waals surface area contributed by atoms with E-state index in [0.717, 1.165) is 134 Å². The Balaban J connectivity index is 0.000000141. The summed E-state index contributed by atoms with van der Waals surface area (Å²) >= 11 is 5.53. The van der Waals surface area contributed by atoms with Crippen molar-refractivity contribution in [3.63, 3.8) is 0 Å². The Morgan fingerprint density at radius 3 is 1.23 bits per heavy atom. The van der Waals surface area contributed by atoms with E-state index in [4.69, 9.17) is 58.5 Å². The van der Waals surface area contributed by atoms with Gasteiger partial charge in [0.25, 0.3) is 0 Å². The van der Waals surface area contributed by atoms with E-state index in [1.165, 1.54) is 41.3 Å². The van der Waals surface area contributed by atoms with Crippen molar-refractivity contribution in [1.29, 1.82) is 0 Å². The van der Waals surface area contributed by atoms with Crippen LogP contribution in [0.4, 0.5) is 20.2 Å². The first-order valence-electron chi connectivity index (χ1n) is 42.6. The molecule has 2 fully saturated rings. The fraction of sp³-hybridized carbons (Fsp3) is 0.340. The summed E-state index contributed by atoms with van der Waals surface area (Å²) in [5.74, 6) is 1.47. The van der Waals surface area contributed by atoms with Crippen LogP contribution in [0.15, 0.2) is 188 Å². The zero-order chi connectivity index (χ0) is 91.8. The molecule has 0 saturated carbocycles. The highest BCUT2D eigenvalue weighted by Gasteiger charge is 2.54. The molecule has 8 heterocycles. The van der Waals surface area contributed by atoms with Gasteiger partial charge in [0.1, 0.15) is 76.8 Å². The fourth-order valence-electron chi connectivity index (χ4n) is 16.5. The van der Waals surface area contributed by atoms with Crippen molar-refractivity contribution >= 4 is 87.0 Å². The number of anilines is 2. The fourth-order valence-corrected chi connectivity index (χ4v) is 17.0. The molecule has 12 aromatic rings. The number of carbonyl (C=O) groups is 2. The van der Waals surface area contributed by atoms with Crippen LogP contribution in [0.1, 0.15) is 183 Å². The van der Waals surface area contributed by atoms with Crippen molar-refractivity contribution in [3.8, 4) is 67.9 Å². The molecule has 0 bridgehead atoms. The molecule has 4 N–H and O–H groups in total. The van der Waals surface area contributed by atoms with Gasteiger partial charge in [0, 0.05) is 103 Å². The van der Waals surface area contributed by atoms with E-state index < -0.39 is 30.5 Å². The first kappa shape index (κ1) is 94.5. The number of fused-ring (bicyclic) bond motifs is 4. The standard InChI is InChI=1S/C32H29FN2O4.C26H30BFO6.C14H22BNO2.C12H11IN2.C12H13N3.C4H3BrN2/c1-18-12-20(27-10-11-34-17-35-27)13-19(2)31(18)24-6-8-26(33)32-25(24)7-9-28(32)39-22-4-5-23-21(14-30(36)37-3)16-38-29(23)15-22;1-25(2)26(3,4)34-27(33-25)19-9-10-20(28)24-18(19)8-11-21(24)32-16-6-7-17-15(12-23(29)30-5)14-31-22(17)13-16;1-9-7-11(8-10(2)12(9)16)15-17-13(3,4)14(5,6)18-15;2*1-8-5-10(6-9(2)12(8)13)11-3-4-14-7-15-11;5-4-1-2-6-3-7-4/h4-6,8,10-13,15,17,21,28H,7,9,14,16H2,1-3H3;6-7,9-10,13,15,21H,8,11-12,14H2,1-5H3;7-8H,16H2,1-6H3;3-7H,1-2H3;3-7H,13H2,1-2H3;1-3H/t21-,28-;15-,21-;;;;/m11..../s1. The van der Waals surface area contributed by atoms with Gasteiger partial charge in [0.15, 0.2) is 0 Å². The number of nitrogen functional groups attached to an aromatic ring is 2. The predicted molar refractivity (Wildman–Crippen MR) is 507 cm³/mol. The normalized spacial score (nSPS) is 17.5. The number of halogens is 4. The molecule has 2 saturated heterocycles. The molecule has 4 aromatic heterocycles. The third-order valence-corrected chi connectivity index (χ3v) is 27.0. The van der Waals surface area contributed by atoms with Crippen molar-refractivity contribution in [3.05, 3.63) is 281 Å². The van der Waals surface area contributed by atoms with Crippen LogP contribution in [0, 0.1) is 70.6 Å². The number of nitrogens with zero attached hydrogens (tertiary/aromatic N) is 8. The van der Waals surface area contributed by atoms with Gasteiger partial charge in [-0.05, 0) is 338 Å². The third kappa shape index (κ3) is 21.6. The van der Waals surface area contributed by atoms with E-state index in [2.05, 4.69) is 158 Å². The minimum atomic E-state index is -0.543. The van der Waals surface area contributed by atoms with Gasteiger partial charge < -0.3 is 58.5 Å². The quantitative estimate of drug-likeness (QED) is 0.0336. The number of ether oxygens (including phenoxy) is 6. The summed E-state index contributed by atoms with van der Waals surface area (Å²) < 4.78 is 90.8. The number of rotatable bonds is 14. The van der Waals surface area contributed by atoms with Gasteiger partial charge in [-0.1, -0.05) is 36.4 Å². The highest BCUT2D eigenvalue weighted by Crippen LogP contribution is 2.48. The maximum atomic E-state index is 15.3. The van der Waals surface area contributed by atoms with E-state index in [9.17, 15) is 9.59 Å². The van der Waals surface area contributed by atoms with Crippen molar-refractivity contribution in [1.82, 2.24) is 39.9 Å². The molecular weight excluding hydrogens is 1800 g/mol. The van der Waals surface area contributed by atoms with Gasteiger partial charge in [-0.25, -0.2) is 48.7 Å². The lowest BCUT2D eigenvalue weighted by Crippen LogP contribution is -2.41. The summed E-state index contributed by atoms with van der Waals surface area (Å²) in [6.07, 6.45) is 15.6. The minimum absolute atomic E-state index is 0.0383. The monoisotopic (exact) mass is 1910 g/mol. The molecule has 4 aliphatic heterocycles. The summed E-state index contributed by atoms with van der Waals surface area (Å²) in [4.78, 5) is 55.6. The van der Waals surface area contributed by atoms with E-state index in [-0.39, 0.29) is 66.6 Å². The Morgan fingerprint density at radius 2 is 0.844 bits per heavy atom. The molecule has 6 aliphatic rings. The Labute approximate surface area is 770 Å². The first-order chi connectivity index (χ1) is 60.9. The number of aromatic nitrogens is 8. The van der Waals surface area contributed by atoms with Crippen LogP contribution in [-0.2, 0) is 50.5 Å². The SMILES string of the molecule is Brc1ccncn1.COC(=O)C[C@@H]1COc2cc(O[C@@H]3CCc4c(-c5c(C)cc(-c6ccncn6)cc5C)ccc(F)c43)ccc21.COC(=O)C[C@@H]1COc2cc(O[C@@H]3CCc4c(B5OC(C)(C)C(C)(C)O5)ccc(F)c43)ccc21.Cc1cc(-c2ccncn2)cc(C)c1I.Cc1cc(-c2ccncn2)cc(C)c1N.Cc1cc(B2OC(C)(C)C(C)(C)O2)cc(C)c1N. The molecule has 4 atom stereocenters. The molecule has 128 heavy (non-hydrogen) atoms. The maximum absolute atomic E-state index is 15.3. The summed E-state index contributed by atoms with van der Waals surface area (Å²) in [6.45, 7) is 33.6. The van der Waals surface area contributed by atoms with E-state index in [1.807, 2.05) is 140 Å². The second kappa shape index (κ2) is 40.3. The Morgan fingerprint density at radius 1 is 0.469 bits per heavy atom. The number of aryl methyl sites for hydroxylation is 8. The van der Waals surface area contributed by atoms with E-state index >= 15 is 8.78 Å². The van der Waals surface area contributed by atoms with Gasteiger partial charge in [-0.15, -0.1) is 0 Å². The zero-order valence-electron chi connectivity index (χ0n) is 75.6. The number of esters is 2. The second-order valence-corrected chi connectivity index (χ2v) is 36.7. The average Bonchev–Trinajstić information content (AvgIpc) is 1.58. The third-order valence-electron chi connectivity index (χ3n) is 24.8. The topological polar surface area (TPSA) is 282 Å². The largest absolute Gasteiger partial charge is 0.495 e. The summed E-state index contributed by atoms with van der Waals surface area (Å²) in [5.41, 5.74) is 36.3. The molecule has 28 heteroatoms. The van der Waals surface area contributed by atoms with Crippen LogP contribution < -0.4 is 41.3 Å². The first-order valence-corrected chi connectivity index (χ1v) is 44.5. The molecular formula is C100H108B2BrF2IN10O12. The zero-order valence-corrected chi connectivity index (χ0v) is 79.3. The van der Waals surface area contributed by atoms with Gasteiger partial charge in [-0.2, -0.15) is 0 Å². The predicted octanol–water partition coefficient (Wildman–Crippen LogP) is 20.0. The Bertz CT molecular complexity index is 5820. The van der Waals surface area contributed by atoms with Crippen LogP contribution >= 0.6 is 38.5 Å². The average molecular weight is 1910 g/mol. The van der Waals surface area contributed by atoms with Crippen molar-refractivity contribution in [2.75, 3.05) is 38.9 Å². The summed E-state index contributed by atoms with van der Waals surface area (Å²) in [6, 6.07) is 42.2. The number of hydrogen-bond donors (Lipinski definition) is 2. The van der Waals surface area contributed by atoms with E-state index in [1.54, 1.807) is 62.0 Å². The van der Waals surface area contributed by atoms with Crippen molar-refractivity contribution in [2.24, 2.45) is 0 Å². The second-order valence-electron chi connectivity index (χ2n) is 34.8. The minimum Gasteiger partial charge on any atom is -0.492 e. The molecule has 0 amide bonds.